The Labute approximate surface area is 330 Å². The fraction of sp³-hybridized carbons (Fsp3) is 0. The van der Waals surface area contributed by atoms with Crippen molar-refractivity contribution in [2.24, 2.45) is 0 Å². The van der Waals surface area contributed by atoms with E-state index in [2.05, 4.69) is 228 Å². The molecule has 0 spiro atoms. The van der Waals surface area contributed by atoms with Crippen LogP contribution in [0.4, 0.5) is 34.1 Å². The molecule has 57 heavy (non-hydrogen) atoms. The minimum Gasteiger partial charge on any atom is -0.453 e. The molecule has 0 unspecified atom stereocenters. The van der Waals surface area contributed by atoms with Gasteiger partial charge in [0.15, 0.2) is 5.58 Å². The minimum atomic E-state index is 0.820. The Morgan fingerprint density at radius 1 is 0.281 bits per heavy atom. The van der Waals surface area contributed by atoms with Gasteiger partial charge in [-0.15, -0.1) is 0 Å². The van der Waals surface area contributed by atoms with E-state index in [0.29, 0.717) is 0 Å². The van der Waals surface area contributed by atoms with Crippen LogP contribution in [0.1, 0.15) is 0 Å². The van der Waals surface area contributed by atoms with E-state index in [4.69, 9.17) is 4.42 Å². The van der Waals surface area contributed by atoms with Crippen molar-refractivity contribution in [3.63, 3.8) is 0 Å². The first kappa shape index (κ1) is 32.8. The Hall–Kier alpha value is -7.62. The van der Waals surface area contributed by atoms with Crippen molar-refractivity contribution in [1.29, 1.82) is 0 Å². The number of benzene rings is 10. The lowest BCUT2D eigenvalue weighted by Crippen LogP contribution is -2.13. The highest BCUT2D eigenvalue weighted by atomic mass is 16.3. The quantitative estimate of drug-likeness (QED) is 0.163. The van der Waals surface area contributed by atoms with Crippen LogP contribution in [0.2, 0.25) is 0 Å². The Bertz CT molecular complexity index is 3240. The van der Waals surface area contributed by atoms with Gasteiger partial charge in [0.05, 0.1) is 16.8 Å². The summed E-state index contributed by atoms with van der Waals surface area (Å²) < 4.78 is 7.27. The van der Waals surface area contributed by atoms with E-state index in [-0.39, 0.29) is 0 Å². The number of furan rings is 1. The summed E-state index contributed by atoms with van der Waals surface area (Å²) in [6.07, 6.45) is 0. The van der Waals surface area contributed by atoms with E-state index in [0.717, 1.165) is 66.8 Å². The van der Waals surface area contributed by atoms with Gasteiger partial charge in [-0.2, -0.15) is 0 Å². The third kappa shape index (κ3) is 5.68. The first-order valence-corrected chi connectivity index (χ1v) is 19.4. The Kier molecular flexibility index (Phi) is 7.82. The largest absolute Gasteiger partial charge is 0.453 e. The van der Waals surface area contributed by atoms with Crippen LogP contribution < -0.4 is 9.80 Å². The van der Waals surface area contributed by atoms with Gasteiger partial charge >= 0.3 is 0 Å². The molecule has 3 nitrogen and oxygen atoms in total. The standard InChI is InChI=1S/C54H36N2O/c1-3-13-37(14-4-1)40-23-28-45(29-24-40)56(47-31-26-39-16-8-10-19-43(39)36-47)51-34-33-50(52-49-32-27-41-17-11-12-22-48(41)53(49)57-54(51)52)55(44-20-5-2-6-21-44)46-30-25-38-15-7-9-18-42(38)35-46/h1-36H. The number of hydrogen-bond donors (Lipinski definition) is 0. The molecule has 0 aliphatic carbocycles. The van der Waals surface area contributed by atoms with Crippen LogP contribution in [-0.4, -0.2) is 0 Å². The van der Waals surface area contributed by atoms with Crippen LogP contribution in [-0.2, 0) is 0 Å². The predicted molar refractivity (Wildman–Crippen MR) is 241 cm³/mol. The second-order valence-corrected chi connectivity index (χ2v) is 14.6. The first-order chi connectivity index (χ1) is 28.3. The first-order valence-electron chi connectivity index (χ1n) is 19.4. The van der Waals surface area contributed by atoms with E-state index in [1.165, 1.54) is 32.7 Å². The molecule has 11 aromatic rings. The van der Waals surface area contributed by atoms with Crippen LogP contribution in [0.25, 0.3) is 65.4 Å². The molecule has 0 atom stereocenters. The van der Waals surface area contributed by atoms with Gasteiger partial charge < -0.3 is 14.2 Å². The fourth-order valence-electron chi connectivity index (χ4n) is 8.44. The van der Waals surface area contributed by atoms with Crippen LogP contribution in [0.5, 0.6) is 0 Å². The summed E-state index contributed by atoms with van der Waals surface area (Å²) in [5.74, 6) is 0. The van der Waals surface area contributed by atoms with E-state index in [9.17, 15) is 0 Å². The zero-order chi connectivity index (χ0) is 37.7. The Balaban J connectivity index is 1.21. The maximum atomic E-state index is 7.27. The molecule has 3 heteroatoms. The zero-order valence-corrected chi connectivity index (χ0v) is 31.1. The molecular formula is C54H36N2O. The number of rotatable bonds is 7. The molecule has 0 bridgehead atoms. The molecule has 1 heterocycles. The molecule has 0 aliphatic rings. The molecule has 0 radical (unpaired) electrons. The molecule has 0 aliphatic heterocycles. The molecule has 268 valence electrons. The average molecular weight is 729 g/mol. The number of anilines is 6. The van der Waals surface area contributed by atoms with Gasteiger partial charge in [-0.25, -0.2) is 0 Å². The average Bonchev–Trinajstić information content (AvgIpc) is 3.69. The Morgan fingerprint density at radius 2 is 0.754 bits per heavy atom. The van der Waals surface area contributed by atoms with Gasteiger partial charge in [0, 0.05) is 33.5 Å². The third-order valence-electron chi connectivity index (χ3n) is 11.2. The highest BCUT2D eigenvalue weighted by Crippen LogP contribution is 2.50. The van der Waals surface area contributed by atoms with Gasteiger partial charge in [-0.3, -0.25) is 0 Å². The lowest BCUT2D eigenvalue weighted by Gasteiger charge is -2.29. The number of para-hydroxylation sites is 1. The molecule has 11 rings (SSSR count). The maximum Gasteiger partial charge on any atom is 0.161 e. The summed E-state index contributed by atoms with van der Waals surface area (Å²) in [7, 11) is 0. The van der Waals surface area contributed by atoms with Crippen molar-refractivity contribution in [1.82, 2.24) is 0 Å². The molecule has 0 amide bonds. The van der Waals surface area contributed by atoms with Crippen molar-refractivity contribution >= 4 is 88.4 Å². The van der Waals surface area contributed by atoms with Gasteiger partial charge in [-0.05, 0) is 105 Å². The van der Waals surface area contributed by atoms with Gasteiger partial charge in [0.25, 0.3) is 0 Å². The molecular weight excluding hydrogens is 693 g/mol. The molecule has 0 saturated carbocycles. The zero-order valence-electron chi connectivity index (χ0n) is 31.1. The topological polar surface area (TPSA) is 19.6 Å². The van der Waals surface area contributed by atoms with Crippen LogP contribution >= 0.6 is 0 Å². The van der Waals surface area contributed by atoms with Crippen molar-refractivity contribution < 1.29 is 4.42 Å². The highest BCUT2D eigenvalue weighted by molar-refractivity contribution is 6.22. The van der Waals surface area contributed by atoms with E-state index in [1.54, 1.807) is 0 Å². The number of nitrogens with zero attached hydrogens (tertiary/aromatic N) is 2. The molecule has 10 aromatic carbocycles. The van der Waals surface area contributed by atoms with Crippen LogP contribution in [0.15, 0.2) is 223 Å². The van der Waals surface area contributed by atoms with Crippen molar-refractivity contribution in [3.05, 3.63) is 218 Å². The summed E-state index contributed by atoms with van der Waals surface area (Å²) in [6.45, 7) is 0. The maximum absolute atomic E-state index is 7.27. The number of fused-ring (bicyclic) bond motifs is 7. The second kappa shape index (κ2) is 13.6. The van der Waals surface area contributed by atoms with Crippen LogP contribution in [0, 0.1) is 0 Å². The highest BCUT2D eigenvalue weighted by Gasteiger charge is 2.26. The van der Waals surface area contributed by atoms with E-state index in [1.807, 2.05) is 0 Å². The van der Waals surface area contributed by atoms with Crippen molar-refractivity contribution in [2.75, 3.05) is 9.80 Å². The van der Waals surface area contributed by atoms with Crippen molar-refractivity contribution in [2.45, 2.75) is 0 Å². The summed E-state index contributed by atoms with van der Waals surface area (Å²) in [6, 6.07) is 78.1. The summed E-state index contributed by atoms with van der Waals surface area (Å²) in [4.78, 5) is 4.72. The van der Waals surface area contributed by atoms with Gasteiger partial charge in [0.2, 0.25) is 0 Å². The van der Waals surface area contributed by atoms with E-state index < -0.39 is 0 Å². The monoisotopic (exact) mass is 728 g/mol. The number of hydrogen-bond acceptors (Lipinski definition) is 3. The lowest BCUT2D eigenvalue weighted by atomic mass is 10.0. The summed E-state index contributed by atoms with van der Waals surface area (Å²) in [5.41, 5.74) is 10.3. The smallest absolute Gasteiger partial charge is 0.161 e. The molecule has 0 fully saturated rings. The molecule has 0 saturated heterocycles. The van der Waals surface area contributed by atoms with E-state index >= 15 is 0 Å². The van der Waals surface area contributed by atoms with Gasteiger partial charge in [-0.1, -0.05) is 152 Å². The fourth-order valence-corrected chi connectivity index (χ4v) is 8.44. The Morgan fingerprint density at radius 3 is 1.42 bits per heavy atom. The summed E-state index contributed by atoms with van der Waals surface area (Å²) in [5, 5.41) is 9.12. The third-order valence-corrected chi connectivity index (χ3v) is 11.2. The predicted octanol–water partition coefficient (Wildman–Crippen LogP) is 15.7. The van der Waals surface area contributed by atoms with Gasteiger partial charge in [0.1, 0.15) is 5.58 Å². The molecule has 1 aromatic heterocycles. The second-order valence-electron chi connectivity index (χ2n) is 14.6. The van der Waals surface area contributed by atoms with Crippen molar-refractivity contribution in [3.8, 4) is 11.1 Å². The minimum absolute atomic E-state index is 0.820. The summed E-state index contributed by atoms with van der Waals surface area (Å²) >= 11 is 0. The molecule has 0 N–H and O–H groups in total. The lowest BCUT2D eigenvalue weighted by molar-refractivity contribution is 0.673. The SMILES string of the molecule is c1ccc(-c2ccc(N(c3ccc4ccccc4c3)c3ccc(N(c4ccccc4)c4ccc5ccccc5c4)c4c3oc3c5ccccc5ccc34)cc2)cc1. The normalized spacial score (nSPS) is 11.5. The van der Waals surface area contributed by atoms with Crippen LogP contribution in [0.3, 0.4) is 0 Å².